The lowest BCUT2D eigenvalue weighted by Crippen LogP contribution is -1.85. The summed E-state index contributed by atoms with van der Waals surface area (Å²) < 4.78 is 5.10. The maximum absolute atomic E-state index is 5.10. The smallest absolute Gasteiger partial charge is 0.118 e. The molecule has 76 valence electrons. The standard InChI is InChI=1S/C13H18O/c1-11(2)5-4-6-12-7-9-13(14-3)10-8-12/h5,7-10H,4,6H2,1-3H3. The average molecular weight is 190 g/mol. The minimum absolute atomic E-state index is 0.927. The van der Waals surface area contributed by atoms with Crippen LogP contribution in [-0.4, -0.2) is 7.11 Å². The van der Waals surface area contributed by atoms with Crippen molar-refractivity contribution in [2.45, 2.75) is 26.7 Å². The van der Waals surface area contributed by atoms with Crippen LogP contribution in [0.5, 0.6) is 5.75 Å². The van der Waals surface area contributed by atoms with E-state index in [-0.39, 0.29) is 0 Å². The Morgan fingerprint density at radius 2 is 1.86 bits per heavy atom. The van der Waals surface area contributed by atoms with E-state index in [1.807, 2.05) is 12.1 Å². The lowest BCUT2D eigenvalue weighted by atomic mass is 10.1. The summed E-state index contributed by atoms with van der Waals surface area (Å²) in [5.74, 6) is 0.927. The molecule has 0 saturated carbocycles. The number of methoxy groups -OCH3 is 1. The Labute approximate surface area is 86.4 Å². The van der Waals surface area contributed by atoms with Gasteiger partial charge in [-0.15, -0.1) is 0 Å². The van der Waals surface area contributed by atoms with Gasteiger partial charge in [-0.25, -0.2) is 0 Å². The Kier molecular flexibility index (Phi) is 4.24. The summed E-state index contributed by atoms with van der Waals surface area (Å²) in [6, 6.07) is 8.27. The lowest BCUT2D eigenvalue weighted by molar-refractivity contribution is 0.414. The van der Waals surface area contributed by atoms with Crippen molar-refractivity contribution < 1.29 is 4.74 Å². The van der Waals surface area contributed by atoms with E-state index in [1.54, 1.807) is 7.11 Å². The third-order valence-corrected chi connectivity index (χ3v) is 2.14. The lowest BCUT2D eigenvalue weighted by Gasteiger charge is -2.01. The van der Waals surface area contributed by atoms with Gasteiger partial charge in [-0.05, 0) is 44.4 Å². The van der Waals surface area contributed by atoms with E-state index in [2.05, 4.69) is 32.1 Å². The number of hydrogen-bond acceptors (Lipinski definition) is 1. The zero-order valence-corrected chi connectivity index (χ0v) is 9.21. The van der Waals surface area contributed by atoms with Crippen molar-refractivity contribution in [3.63, 3.8) is 0 Å². The Morgan fingerprint density at radius 3 is 2.36 bits per heavy atom. The molecule has 0 aromatic heterocycles. The van der Waals surface area contributed by atoms with Crippen LogP contribution < -0.4 is 4.74 Å². The molecule has 0 fully saturated rings. The van der Waals surface area contributed by atoms with Gasteiger partial charge in [0.05, 0.1) is 7.11 Å². The van der Waals surface area contributed by atoms with E-state index < -0.39 is 0 Å². The molecule has 14 heavy (non-hydrogen) atoms. The highest BCUT2D eigenvalue weighted by Crippen LogP contribution is 2.12. The Balaban J connectivity index is 2.48. The van der Waals surface area contributed by atoms with Crippen molar-refractivity contribution in [3.05, 3.63) is 41.5 Å². The number of allylic oxidation sites excluding steroid dienone is 2. The van der Waals surface area contributed by atoms with E-state index in [9.17, 15) is 0 Å². The fraction of sp³-hybridized carbons (Fsp3) is 0.385. The van der Waals surface area contributed by atoms with Gasteiger partial charge in [0.1, 0.15) is 5.75 Å². The van der Waals surface area contributed by atoms with Gasteiger partial charge in [-0.1, -0.05) is 23.8 Å². The van der Waals surface area contributed by atoms with Crippen molar-refractivity contribution in [2.24, 2.45) is 0 Å². The van der Waals surface area contributed by atoms with Crippen molar-refractivity contribution in [1.82, 2.24) is 0 Å². The highest BCUT2D eigenvalue weighted by atomic mass is 16.5. The number of ether oxygens (including phenoxy) is 1. The second-order valence-corrected chi connectivity index (χ2v) is 3.67. The van der Waals surface area contributed by atoms with E-state index in [0.717, 1.165) is 18.6 Å². The van der Waals surface area contributed by atoms with E-state index in [4.69, 9.17) is 4.74 Å². The molecule has 0 N–H and O–H groups in total. The molecule has 0 amide bonds. The molecule has 1 nitrogen and oxygen atoms in total. The van der Waals surface area contributed by atoms with Crippen molar-refractivity contribution in [1.29, 1.82) is 0 Å². The molecule has 1 rings (SSSR count). The second kappa shape index (κ2) is 5.48. The first-order valence-corrected chi connectivity index (χ1v) is 4.98. The number of hydrogen-bond donors (Lipinski definition) is 0. The van der Waals surface area contributed by atoms with Gasteiger partial charge in [0.25, 0.3) is 0 Å². The van der Waals surface area contributed by atoms with Crippen LogP contribution in [-0.2, 0) is 6.42 Å². The molecular formula is C13H18O. The van der Waals surface area contributed by atoms with Crippen LogP contribution in [0.4, 0.5) is 0 Å². The molecule has 0 heterocycles. The van der Waals surface area contributed by atoms with Gasteiger partial charge >= 0.3 is 0 Å². The highest BCUT2D eigenvalue weighted by Gasteiger charge is 1.92. The Hall–Kier alpha value is -1.24. The largest absolute Gasteiger partial charge is 0.497 e. The highest BCUT2D eigenvalue weighted by molar-refractivity contribution is 5.27. The molecule has 0 saturated heterocycles. The zero-order chi connectivity index (χ0) is 10.4. The Bertz CT molecular complexity index is 292. The monoisotopic (exact) mass is 190 g/mol. The summed E-state index contributed by atoms with van der Waals surface area (Å²) in [4.78, 5) is 0. The zero-order valence-electron chi connectivity index (χ0n) is 9.21. The third kappa shape index (κ3) is 3.65. The minimum Gasteiger partial charge on any atom is -0.497 e. The molecule has 0 aliphatic carbocycles. The SMILES string of the molecule is COc1ccc(CCC=C(C)C)cc1. The maximum Gasteiger partial charge on any atom is 0.118 e. The van der Waals surface area contributed by atoms with Gasteiger partial charge in [0, 0.05) is 0 Å². The summed E-state index contributed by atoms with van der Waals surface area (Å²) in [6.07, 6.45) is 4.49. The first kappa shape index (κ1) is 10.8. The van der Waals surface area contributed by atoms with E-state index in [0.29, 0.717) is 0 Å². The third-order valence-electron chi connectivity index (χ3n) is 2.14. The summed E-state index contributed by atoms with van der Waals surface area (Å²) in [6.45, 7) is 4.27. The van der Waals surface area contributed by atoms with Crippen LogP contribution in [0.3, 0.4) is 0 Å². The van der Waals surface area contributed by atoms with Gasteiger partial charge < -0.3 is 4.74 Å². The van der Waals surface area contributed by atoms with Gasteiger partial charge in [-0.3, -0.25) is 0 Å². The Morgan fingerprint density at radius 1 is 1.21 bits per heavy atom. The van der Waals surface area contributed by atoms with E-state index in [1.165, 1.54) is 11.1 Å². The first-order valence-electron chi connectivity index (χ1n) is 4.98. The summed E-state index contributed by atoms with van der Waals surface area (Å²) >= 11 is 0. The second-order valence-electron chi connectivity index (χ2n) is 3.67. The van der Waals surface area contributed by atoms with Crippen LogP contribution in [0.1, 0.15) is 25.8 Å². The van der Waals surface area contributed by atoms with Crippen LogP contribution in [0.25, 0.3) is 0 Å². The maximum atomic E-state index is 5.10. The van der Waals surface area contributed by atoms with Crippen molar-refractivity contribution in [2.75, 3.05) is 7.11 Å². The number of benzene rings is 1. The molecule has 1 aromatic carbocycles. The quantitative estimate of drug-likeness (QED) is 0.659. The average Bonchev–Trinajstić information content (AvgIpc) is 2.18. The van der Waals surface area contributed by atoms with Gasteiger partial charge in [0.15, 0.2) is 0 Å². The molecule has 0 atom stereocenters. The van der Waals surface area contributed by atoms with Gasteiger partial charge in [0.2, 0.25) is 0 Å². The normalized spacial score (nSPS) is 9.64. The van der Waals surface area contributed by atoms with Gasteiger partial charge in [-0.2, -0.15) is 0 Å². The molecular weight excluding hydrogens is 172 g/mol. The number of rotatable bonds is 4. The molecule has 1 aromatic rings. The fourth-order valence-electron chi connectivity index (χ4n) is 1.32. The van der Waals surface area contributed by atoms with Crippen molar-refractivity contribution >= 4 is 0 Å². The first-order chi connectivity index (χ1) is 6.72. The van der Waals surface area contributed by atoms with E-state index >= 15 is 0 Å². The predicted molar refractivity (Wildman–Crippen MR) is 60.7 cm³/mol. The molecule has 1 heteroatoms. The van der Waals surface area contributed by atoms with Crippen LogP contribution in [0.15, 0.2) is 35.9 Å². The topological polar surface area (TPSA) is 9.23 Å². The summed E-state index contributed by atoms with van der Waals surface area (Å²) in [5.41, 5.74) is 2.75. The van der Waals surface area contributed by atoms with Crippen LogP contribution >= 0.6 is 0 Å². The molecule has 0 spiro atoms. The minimum atomic E-state index is 0.927. The molecule has 0 radical (unpaired) electrons. The van der Waals surface area contributed by atoms with Crippen LogP contribution in [0.2, 0.25) is 0 Å². The molecule has 0 bridgehead atoms. The predicted octanol–water partition coefficient (Wildman–Crippen LogP) is 3.59. The van der Waals surface area contributed by atoms with Crippen LogP contribution in [0, 0.1) is 0 Å². The molecule has 0 aliphatic rings. The molecule has 0 unspecified atom stereocenters. The summed E-state index contributed by atoms with van der Waals surface area (Å²) in [5, 5.41) is 0. The number of aryl methyl sites for hydroxylation is 1. The fourth-order valence-corrected chi connectivity index (χ4v) is 1.32. The van der Waals surface area contributed by atoms with Crippen molar-refractivity contribution in [3.8, 4) is 5.75 Å². The molecule has 0 aliphatic heterocycles. The summed E-state index contributed by atoms with van der Waals surface area (Å²) in [7, 11) is 1.69.